The SMILES string of the molecule is COCCOC(=O)NC(c1ccc(N)cc1)P(=O)(Oc1ccccc1)Oc1ccccc1. The highest BCUT2D eigenvalue weighted by Crippen LogP contribution is 2.59. The van der Waals surface area contributed by atoms with Crippen molar-refractivity contribution in [1.82, 2.24) is 5.32 Å². The summed E-state index contributed by atoms with van der Waals surface area (Å²) in [5, 5.41) is 2.62. The van der Waals surface area contributed by atoms with Crippen LogP contribution in [0.4, 0.5) is 10.5 Å². The molecule has 168 valence electrons. The normalized spacial score (nSPS) is 11.9. The molecule has 0 aromatic heterocycles. The first-order valence-electron chi connectivity index (χ1n) is 9.87. The lowest BCUT2D eigenvalue weighted by Gasteiger charge is -2.28. The zero-order valence-electron chi connectivity index (χ0n) is 17.5. The van der Waals surface area contributed by atoms with Gasteiger partial charge >= 0.3 is 13.7 Å². The predicted octanol–water partition coefficient (Wildman–Crippen LogP) is 4.99. The second kappa shape index (κ2) is 11.2. The maximum atomic E-state index is 14.2. The Morgan fingerprint density at radius 3 is 1.91 bits per heavy atom. The minimum atomic E-state index is -4.09. The quantitative estimate of drug-likeness (QED) is 0.251. The molecule has 32 heavy (non-hydrogen) atoms. The summed E-state index contributed by atoms with van der Waals surface area (Å²) >= 11 is 0. The van der Waals surface area contributed by atoms with Gasteiger partial charge in [-0.3, -0.25) is 0 Å². The highest BCUT2D eigenvalue weighted by atomic mass is 31.2. The maximum absolute atomic E-state index is 14.2. The molecule has 0 spiro atoms. The summed E-state index contributed by atoms with van der Waals surface area (Å²) in [7, 11) is -2.59. The Balaban J connectivity index is 1.99. The summed E-state index contributed by atoms with van der Waals surface area (Å²) in [6.07, 6.45) is -0.794. The number of carbonyl (C=O) groups excluding carboxylic acids is 1. The van der Waals surface area contributed by atoms with Gasteiger partial charge < -0.3 is 29.6 Å². The molecule has 0 aliphatic rings. The smallest absolute Gasteiger partial charge is 0.447 e. The van der Waals surface area contributed by atoms with Gasteiger partial charge in [-0.05, 0) is 42.0 Å². The average Bonchev–Trinajstić information content (AvgIpc) is 2.79. The van der Waals surface area contributed by atoms with E-state index in [1.54, 1.807) is 84.9 Å². The van der Waals surface area contributed by atoms with Gasteiger partial charge in [0.2, 0.25) is 0 Å². The number of benzene rings is 3. The number of ether oxygens (including phenoxy) is 2. The van der Waals surface area contributed by atoms with E-state index in [4.69, 9.17) is 24.3 Å². The number of hydrogen-bond donors (Lipinski definition) is 2. The number of nitrogen functional groups attached to an aromatic ring is 1. The van der Waals surface area contributed by atoms with Gasteiger partial charge in [0.15, 0.2) is 5.78 Å². The van der Waals surface area contributed by atoms with Crippen molar-refractivity contribution in [1.29, 1.82) is 0 Å². The number of amides is 1. The Labute approximate surface area is 186 Å². The molecule has 0 saturated carbocycles. The van der Waals surface area contributed by atoms with Crippen LogP contribution in [-0.2, 0) is 14.0 Å². The van der Waals surface area contributed by atoms with Crippen LogP contribution in [0.25, 0.3) is 0 Å². The van der Waals surface area contributed by atoms with E-state index in [9.17, 15) is 9.36 Å². The van der Waals surface area contributed by atoms with Crippen LogP contribution in [0.15, 0.2) is 84.9 Å². The Kier molecular flexibility index (Phi) is 8.14. The van der Waals surface area contributed by atoms with Gasteiger partial charge in [-0.2, -0.15) is 0 Å². The van der Waals surface area contributed by atoms with Gasteiger partial charge in [-0.1, -0.05) is 48.5 Å². The number of anilines is 1. The van der Waals surface area contributed by atoms with Crippen molar-refractivity contribution in [2.45, 2.75) is 5.78 Å². The van der Waals surface area contributed by atoms with E-state index < -0.39 is 19.5 Å². The van der Waals surface area contributed by atoms with Crippen LogP contribution in [0.1, 0.15) is 11.3 Å². The van der Waals surface area contributed by atoms with Crippen LogP contribution in [0.3, 0.4) is 0 Å². The second-order valence-electron chi connectivity index (χ2n) is 6.69. The first kappa shape index (κ1) is 23.2. The molecule has 0 fully saturated rings. The van der Waals surface area contributed by atoms with Crippen LogP contribution >= 0.6 is 7.60 Å². The third kappa shape index (κ3) is 6.51. The first-order valence-corrected chi connectivity index (χ1v) is 11.5. The number of carbonyl (C=O) groups is 1. The summed E-state index contributed by atoms with van der Waals surface area (Å²) in [5.74, 6) is -0.540. The molecule has 0 saturated heterocycles. The molecule has 3 N–H and O–H groups in total. The van der Waals surface area contributed by atoms with Gasteiger partial charge in [0.25, 0.3) is 0 Å². The molecule has 1 atom stereocenters. The van der Waals surface area contributed by atoms with Crippen molar-refractivity contribution in [3.63, 3.8) is 0 Å². The largest absolute Gasteiger partial charge is 0.457 e. The van der Waals surface area contributed by atoms with E-state index in [2.05, 4.69) is 5.32 Å². The molecule has 1 amide bonds. The van der Waals surface area contributed by atoms with Crippen LogP contribution in [0.5, 0.6) is 11.5 Å². The van der Waals surface area contributed by atoms with Gasteiger partial charge in [-0.25, -0.2) is 9.36 Å². The molecule has 3 aromatic rings. The fraction of sp³-hybridized carbons (Fsp3) is 0.174. The highest BCUT2D eigenvalue weighted by Gasteiger charge is 2.42. The Morgan fingerprint density at radius 2 is 1.41 bits per heavy atom. The molecule has 0 aliphatic heterocycles. The van der Waals surface area contributed by atoms with Gasteiger partial charge in [0, 0.05) is 12.8 Å². The number of alkyl carbamates (subject to hydrolysis) is 1. The average molecular weight is 456 g/mol. The van der Waals surface area contributed by atoms with Crippen molar-refractivity contribution in [2.24, 2.45) is 0 Å². The summed E-state index contributed by atoms with van der Waals surface area (Å²) < 4.78 is 36.0. The van der Waals surface area contributed by atoms with E-state index in [0.29, 0.717) is 22.7 Å². The molecule has 0 aliphatic carbocycles. The van der Waals surface area contributed by atoms with E-state index in [1.165, 1.54) is 7.11 Å². The van der Waals surface area contributed by atoms with Gasteiger partial charge in [0.05, 0.1) is 6.61 Å². The number of methoxy groups -OCH3 is 1. The third-order valence-corrected chi connectivity index (χ3v) is 6.29. The van der Waals surface area contributed by atoms with Crippen LogP contribution in [0, 0.1) is 0 Å². The molecule has 3 rings (SSSR count). The minimum absolute atomic E-state index is 0.0280. The number of hydrogen-bond acceptors (Lipinski definition) is 7. The predicted molar refractivity (Wildman–Crippen MR) is 122 cm³/mol. The summed E-state index contributed by atoms with van der Waals surface area (Å²) in [4.78, 5) is 12.5. The third-order valence-electron chi connectivity index (χ3n) is 4.30. The lowest BCUT2D eigenvalue weighted by Crippen LogP contribution is -2.32. The maximum Gasteiger partial charge on any atom is 0.457 e. The van der Waals surface area contributed by atoms with E-state index in [1.807, 2.05) is 0 Å². The molecule has 0 bridgehead atoms. The van der Waals surface area contributed by atoms with Crippen molar-refractivity contribution in [3.05, 3.63) is 90.5 Å². The summed E-state index contributed by atoms with van der Waals surface area (Å²) in [6.45, 7) is 0.249. The highest BCUT2D eigenvalue weighted by molar-refractivity contribution is 7.55. The topological polar surface area (TPSA) is 109 Å². The lowest BCUT2D eigenvalue weighted by atomic mass is 10.2. The summed E-state index contributed by atoms with van der Waals surface area (Å²) in [6, 6.07) is 23.7. The van der Waals surface area contributed by atoms with Crippen molar-refractivity contribution >= 4 is 19.4 Å². The first-order chi connectivity index (χ1) is 15.5. The minimum Gasteiger partial charge on any atom is -0.447 e. The molecule has 3 aromatic carbocycles. The van der Waals surface area contributed by atoms with Gasteiger partial charge in [-0.15, -0.1) is 0 Å². The van der Waals surface area contributed by atoms with E-state index in [-0.39, 0.29) is 13.2 Å². The fourth-order valence-electron chi connectivity index (χ4n) is 2.77. The Morgan fingerprint density at radius 1 is 0.875 bits per heavy atom. The van der Waals surface area contributed by atoms with Crippen molar-refractivity contribution in [3.8, 4) is 11.5 Å². The van der Waals surface area contributed by atoms with Crippen LogP contribution < -0.4 is 20.1 Å². The molecule has 1 unspecified atom stereocenters. The second-order valence-corrected chi connectivity index (χ2v) is 8.65. The van der Waals surface area contributed by atoms with Crippen LogP contribution in [-0.4, -0.2) is 26.4 Å². The summed E-state index contributed by atoms with van der Waals surface area (Å²) in [5.41, 5.74) is 6.79. The number of nitrogens with one attached hydrogen (secondary N) is 1. The number of rotatable bonds is 10. The van der Waals surface area contributed by atoms with E-state index in [0.717, 1.165) is 0 Å². The van der Waals surface area contributed by atoms with Crippen molar-refractivity contribution in [2.75, 3.05) is 26.1 Å². The molecule has 0 heterocycles. The monoisotopic (exact) mass is 456 g/mol. The standard InChI is InChI=1S/C23H25N2O6P/c1-28-16-17-29-23(26)25-22(18-12-14-19(24)15-13-18)32(27,30-20-8-4-2-5-9-20)31-21-10-6-3-7-11-21/h2-15,22H,16-17,24H2,1H3,(H,25,26). The van der Waals surface area contributed by atoms with Crippen molar-refractivity contribution < 1.29 is 27.9 Å². The zero-order chi connectivity index (χ0) is 22.8. The molecule has 8 nitrogen and oxygen atoms in total. The molecule has 0 radical (unpaired) electrons. The lowest BCUT2D eigenvalue weighted by molar-refractivity contribution is 0.0974. The van der Waals surface area contributed by atoms with E-state index >= 15 is 0 Å². The number of nitrogens with two attached hydrogens (primary N) is 1. The molecule has 9 heteroatoms. The molecular formula is C23H25N2O6P. The zero-order valence-corrected chi connectivity index (χ0v) is 18.4. The van der Waals surface area contributed by atoms with Gasteiger partial charge in [0.1, 0.15) is 18.1 Å². The molecular weight excluding hydrogens is 431 g/mol. The van der Waals surface area contributed by atoms with Crippen LogP contribution in [0.2, 0.25) is 0 Å². The number of para-hydroxylation sites is 2. The Hall–Kier alpha value is -3.48. The Bertz CT molecular complexity index is 986. The fourth-order valence-corrected chi connectivity index (χ4v) is 4.65.